The summed E-state index contributed by atoms with van der Waals surface area (Å²) in [5.41, 5.74) is 6.16. The second-order valence-electron chi connectivity index (χ2n) is 13.9. The molecule has 0 unspecified atom stereocenters. The van der Waals surface area contributed by atoms with Crippen LogP contribution < -0.4 is 0 Å². The van der Waals surface area contributed by atoms with Gasteiger partial charge in [0.1, 0.15) is 5.82 Å². The van der Waals surface area contributed by atoms with Crippen molar-refractivity contribution in [2.75, 3.05) is 0 Å². The first-order chi connectivity index (χ1) is 26.8. The predicted molar refractivity (Wildman–Crippen MR) is 221 cm³/mol. The van der Waals surface area contributed by atoms with Crippen molar-refractivity contribution in [2.45, 2.75) is 0 Å². The Morgan fingerprint density at radius 1 is 0.370 bits per heavy atom. The van der Waals surface area contributed by atoms with Crippen LogP contribution in [0.3, 0.4) is 0 Å². The lowest BCUT2D eigenvalue weighted by Gasteiger charge is -2.12. The molecule has 0 fully saturated rings. The van der Waals surface area contributed by atoms with E-state index in [4.69, 9.17) is 19.9 Å². The number of benzene rings is 8. The Balaban J connectivity index is 1.24. The van der Waals surface area contributed by atoms with Gasteiger partial charge in [-0.3, -0.25) is 9.13 Å². The lowest BCUT2D eigenvalue weighted by Crippen LogP contribution is -2.06. The Labute approximate surface area is 308 Å². The third-order valence-corrected chi connectivity index (χ3v) is 10.9. The SMILES string of the molecule is c1ccc(-n2c3ccccc3c3c2cc2ccc4cccc5c4c2c3n5-c2nc(-c3ccc4ccccc4c3)nc(-c3ccc4ccccc4c3)n2)nc1. The quantitative estimate of drug-likeness (QED) is 0.173. The number of nitrogens with zero attached hydrogens (tertiary/aromatic N) is 6. The molecule has 0 radical (unpaired) electrons. The Hall–Kier alpha value is -7.44. The average Bonchev–Trinajstić information content (AvgIpc) is 3.76. The summed E-state index contributed by atoms with van der Waals surface area (Å²) < 4.78 is 4.55. The van der Waals surface area contributed by atoms with E-state index >= 15 is 0 Å². The van der Waals surface area contributed by atoms with Crippen LogP contribution in [0, 0.1) is 0 Å². The van der Waals surface area contributed by atoms with E-state index in [1.54, 1.807) is 0 Å². The van der Waals surface area contributed by atoms with Gasteiger partial charge in [0.2, 0.25) is 5.95 Å². The largest absolute Gasteiger partial charge is 0.294 e. The molecule has 0 aliphatic heterocycles. The molecule has 4 heterocycles. The van der Waals surface area contributed by atoms with E-state index < -0.39 is 0 Å². The second kappa shape index (κ2) is 11.0. The Kier molecular flexibility index (Phi) is 5.96. The molecule has 0 aliphatic rings. The van der Waals surface area contributed by atoms with Crippen molar-refractivity contribution >= 4 is 75.9 Å². The van der Waals surface area contributed by atoms with Crippen LogP contribution in [-0.2, 0) is 0 Å². The molecule has 12 rings (SSSR count). The van der Waals surface area contributed by atoms with Crippen LogP contribution in [0.1, 0.15) is 0 Å². The molecule has 0 atom stereocenters. The lowest BCUT2D eigenvalue weighted by atomic mass is 10.00. The van der Waals surface area contributed by atoms with Gasteiger partial charge >= 0.3 is 0 Å². The van der Waals surface area contributed by atoms with Crippen LogP contribution in [-0.4, -0.2) is 29.1 Å². The molecule has 0 amide bonds. The van der Waals surface area contributed by atoms with Gasteiger partial charge in [0.15, 0.2) is 11.6 Å². The number of para-hydroxylation sites is 1. The number of fused-ring (bicyclic) bond motifs is 6. The summed E-state index contributed by atoms with van der Waals surface area (Å²) in [5, 5.41) is 11.6. The Bertz CT molecular complexity index is 3350. The van der Waals surface area contributed by atoms with Crippen molar-refractivity contribution in [3.8, 4) is 34.5 Å². The minimum Gasteiger partial charge on any atom is -0.294 e. The summed E-state index contributed by atoms with van der Waals surface area (Å²) in [6, 6.07) is 57.7. The summed E-state index contributed by atoms with van der Waals surface area (Å²) >= 11 is 0. The van der Waals surface area contributed by atoms with E-state index in [-0.39, 0.29) is 0 Å². The molecule has 0 aliphatic carbocycles. The van der Waals surface area contributed by atoms with E-state index in [2.05, 4.69) is 161 Å². The van der Waals surface area contributed by atoms with Gasteiger partial charge in [-0.2, -0.15) is 9.97 Å². The lowest BCUT2D eigenvalue weighted by molar-refractivity contribution is 0.956. The van der Waals surface area contributed by atoms with Gasteiger partial charge in [0.25, 0.3) is 0 Å². The number of aromatic nitrogens is 6. The highest BCUT2D eigenvalue weighted by Gasteiger charge is 2.25. The summed E-state index contributed by atoms with van der Waals surface area (Å²) in [4.78, 5) is 20.8. The van der Waals surface area contributed by atoms with Crippen LogP contribution in [0.25, 0.3) is 110 Å². The van der Waals surface area contributed by atoms with Gasteiger partial charge in [-0.05, 0) is 74.8 Å². The maximum Gasteiger partial charge on any atom is 0.238 e. The van der Waals surface area contributed by atoms with Gasteiger partial charge in [-0.15, -0.1) is 0 Å². The minimum atomic E-state index is 0.573. The zero-order valence-electron chi connectivity index (χ0n) is 28.8. The van der Waals surface area contributed by atoms with Crippen molar-refractivity contribution in [1.82, 2.24) is 29.1 Å². The van der Waals surface area contributed by atoms with E-state index in [1.807, 2.05) is 18.3 Å². The maximum atomic E-state index is 5.37. The molecule has 0 spiro atoms. The topological polar surface area (TPSA) is 61.4 Å². The van der Waals surface area contributed by atoms with Crippen molar-refractivity contribution in [3.63, 3.8) is 0 Å². The molecule has 6 nitrogen and oxygen atoms in total. The summed E-state index contributed by atoms with van der Waals surface area (Å²) in [6.45, 7) is 0. The number of hydrogen-bond acceptors (Lipinski definition) is 4. The van der Waals surface area contributed by atoms with E-state index in [0.717, 1.165) is 65.9 Å². The van der Waals surface area contributed by atoms with Crippen molar-refractivity contribution in [1.29, 1.82) is 0 Å². The van der Waals surface area contributed by atoms with Crippen molar-refractivity contribution < 1.29 is 0 Å². The summed E-state index contributed by atoms with van der Waals surface area (Å²) in [5.74, 6) is 2.69. The van der Waals surface area contributed by atoms with Crippen LogP contribution >= 0.6 is 0 Å². The number of rotatable bonds is 4. The highest BCUT2D eigenvalue weighted by Crippen LogP contribution is 2.45. The van der Waals surface area contributed by atoms with Gasteiger partial charge in [-0.25, -0.2) is 9.97 Å². The van der Waals surface area contributed by atoms with Gasteiger partial charge in [-0.1, -0.05) is 121 Å². The average molecular weight is 689 g/mol. The predicted octanol–water partition coefficient (Wildman–Crippen LogP) is 11.7. The highest BCUT2D eigenvalue weighted by molar-refractivity contribution is 6.33. The summed E-state index contributed by atoms with van der Waals surface area (Å²) in [6.07, 6.45) is 1.86. The van der Waals surface area contributed by atoms with E-state index in [0.29, 0.717) is 17.6 Å². The highest BCUT2D eigenvalue weighted by atomic mass is 15.2. The molecule has 8 aromatic carbocycles. The zero-order valence-corrected chi connectivity index (χ0v) is 28.8. The van der Waals surface area contributed by atoms with Crippen molar-refractivity contribution in [3.05, 3.63) is 170 Å². The van der Waals surface area contributed by atoms with E-state index in [9.17, 15) is 0 Å². The van der Waals surface area contributed by atoms with Crippen LogP contribution in [0.2, 0.25) is 0 Å². The Morgan fingerprint density at radius 2 is 0.981 bits per heavy atom. The maximum absolute atomic E-state index is 5.37. The molecule has 0 saturated heterocycles. The first kappa shape index (κ1) is 29.2. The smallest absolute Gasteiger partial charge is 0.238 e. The Morgan fingerprint density at radius 3 is 1.70 bits per heavy atom. The first-order valence-corrected chi connectivity index (χ1v) is 18.1. The first-order valence-electron chi connectivity index (χ1n) is 18.1. The molecule has 0 saturated carbocycles. The molecule has 0 bridgehead atoms. The monoisotopic (exact) mass is 688 g/mol. The molecular weight excluding hydrogens is 661 g/mol. The second-order valence-corrected chi connectivity index (χ2v) is 13.9. The molecule has 4 aromatic heterocycles. The normalized spacial score (nSPS) is 12.1. The third kappa shape index (κ3) is 4.16. The molecule has 12 aromatic rings. The molecule has 250 valence electrons. The summed E-state index contributed by atoms with van der Waals surface area (Å²) in [7, 11) is 0. The van der Waals surface area contributed by atoms with Gasteiger partial charge in [0.05, 0.1) is 22.1 Å². The minimum absolute atomic E-state index is 0.573. The van der Waals surface area contributed by atoms with E-state index in [1.165, 1.54) is 26.9 Å². The standard InChI is InChI=1S/C48H28N6/c1-3-12-32-26-35(23-19-29(32)10-1)46-50-47(36-24-20-30-11-2-4-13-33(30)27-36)52-48(51-46)54-39-17-9-14-31-21-22-34-28-40-44(45(54)43(34)42(31)39)37-15-5-6-16-38(37)53(40)41-18-7-8-25-49-41/h1-28H. The number of pyridine rings is 1. The molecule has 0 N–H and O–H groups in total. The fourth-order valence-electron chi connectivity index (χ4n) is 8.52. The third-order valence-electron chi connectivity index (χ3n) is 10.9. The fourth-order valence-corrected chi connectivity index (χ4v) is 8.52. The van der Waals surface area contributed by atoms with Gasteiger partial charge in [0, 0.05) is 38.9 Å². The van der Waals surface area contributed by atoms with Crippen LogP contribution in [0.4, 0.5) is 0 Å². The molecular formula is C48H28N6. The van der Waals surface area contributed by atoms with Gasteiger partial charge < -0.3 is 0 Å². The zero-order chi connectivity index (χ0) is 35.3. The molecule has 6 heteroatoms. The fraction of sp³-hybridized carbons (Fsp3) is 0. The number of hydrogen-bond donors (Lipinski definition) is 0. The van der Waals surface area contributed by atoms with Crippen LogP contribution in [0.5, 0.6) is 0 Å². The van der Waals surface area contributed by atoms with Crippen LogP contribution in [0.15, 0.2) is 170 Å². The van der Waals surface area contributed by atoms with Crippen molar-refractivity contribution in [2.24, 2.45) is 0 Å². The molecule has 54 heavy (non-hydrogen) atoms.